The van der Waals surface area contributed by atoms with Crippen LogP contribution in [0.5, 0.6) is 0 Å². The summed E-state index contributed by atoms with van der Waals surface area (Å²) < 4.78 is 2.05. The number of nitrogens with zero attached hydrogens (tertiary/aromatic N) is 3. The average Bonchev–Trinajstić information content (AvgIpc) is 2.91. The summed E-state index contributed by atoms with van der Waals surface area (Å²) in [4.78, 5) is 8.26. The molecule has 5 heteroatoms. The molecule has 0 amide bonds. The summed E-state index contributed by atoms with van der Waals surface area (Å²) in [6.07, 6.45) is 10.6. The Morgan fingerprint density at radius 1 is 1.42 bits per heavy atom. The van der Waals surface area contributed by atoms with E-state index in [4.69, 9.17) is 0 Å². The molecular weight excluding hydrogens is 238 g/mol. The number of unbranched alkanes of at least 4 members (excludes halogenated alkanes) is 2. The van der Waals surface area contributed by atoms with Crippen molar-refractivity contribution in [2.75, 3.05) is 13.6 Å². The Morgan fingerprint density at radius 3 is 2.89 bits per heavy atom. The first-order valence-electron chi connectivity index (χ1n) is 7.19. The molecule has 0 fully saturated rings. The molecular formula is C14H27N5. The van der Waals surface area contributed by atoms with Crippen LogP contribution in [0.25, 0.3) is 0 Å². The third kappa shape index (κ3) is 6.84. The maximum Gasteiger partial charge on any atom is 0.191 e. The van der Waals surface area contributed by atoms with Crippen molar-refractivity contribution < 1.29 is 0 Å². The van der Waals surface area contributed by atoms with Gasteiger partial charge in [0.05, 0.1) is 6.33 Å². The Labute approximate surface area is 116 Å². The van der Waals surface area contributed by atoms with Crippen molar-refractivity contribution in [3.8, 4) is 0 Å². The van der Waals surface area contributed by atoms with Crippen molar-refractivity contribution in [2.24, 2.45) is 4.99 Å². The fraction of sp³-hybridized carbons (Fsp3) is 0.714. The van der Waals surface area contributed by atoms with E-state index in [-0.39, 0.29) is 0 Å². The van der Waals surface area contributed by atoms with Crippen molar-refractivity contribution >= 4 is 5.96 Å². The monoisotopic (exact) mass is 265 g/mol. The van der Waals surface area contributed by atoms with Gasteiger partial charge in [-0.1, -0.05) is 26.2 Å². The van der Waals surface area contributed by atoms with E-state index >= 15 is 0 Å². The number of hydrogen-bond acceptors (Lipinski definition) is 2. The average molecular weight is 265 g/mol. The molecule has 5 nitrogen and oxygen atoms in total. The van der Waals surface area contributed by atoms with Crippen LogP contribution >= 0.6 is 0 Å². The highest BCUT2D eigenvalue weighted by Gasteiger charge is 2.04. The molecule has 2 N–H and O–H groups in total. The van der Waals surface area contributed by atoms with Crippen LogP contribution in [0.1, 0.15) is 39.5 Å². The molecule has 1 atom stereocenters. The minimum absolute atomic E-state index is 0.464. The molecule has 1 rings (SSSR count). The van der Waals surface area contributed by atoms with E-state index in [9.17, 15) is 0 Å². The van der Waals surface area contributed by atoms with Gasteiger partial charge in [-0.15, -0.1) is 0 Å². The molecule has 1 unspecified atom stereocenters. The summed E-state index contributed by atoms with van der Waals surface area (Å²) in [7, 11) is 1.81. The van der Waals surface area contributed by atoms with Gasteiger partial charge >= 0.3 is 0 Å². The summed E-state index contributed by atoms with van der Waals surface area (Å²) >= 11 is 0. The van der Waals surface area contributed by atoms with Gasteiger partial charge in [-0.3, -0.25) is 4.99 Å². The highest BCUT2D eigenvalue weighted by atomic mass is 15.2. The maximum atomic E-state index is 4.24. The molecule has 0 aliphatic rings. The molecule has 0 aliphatic heterocycles. The standard InChI is InChI=1S/C14H27N5/c1-4-5-6-7-13(2)18-14(15-3)17-9-11-19-10-8-16-12-19/h8,10,12-13H,4-7,9,11H2,1-3H3,(H2,15,17,18). The Bertz CT molecular complexity index is 345. The molecule has 0 radical (unpaired) electrons. The molecule has 1 heterocycles. The van der Waals surface area contributed by atoms with E-state index in [1.54, 1.807) is 6.20 Å². The van der Waals surface area contributed by atoms with Crippen LogP contribution in [0.4, 0.5) is 0 Å². The number of guanidine groups is 1. The maximum absolute atomic E-state index is 4.24. The van der Waals surface area contributed by atoms with Gasteiger partial charge in [0.15, 0.2) is 5.96 Å². The van der Waals surface area contributed by atoms with Crippen LogP contribution < -0.4 is 10.6 Å². The van der Waals surface area contributed by atoms with Crippen LogP contribution in [0.15, 0.2) is 23.7 Å². The summed E-state index contributed by atoms with van der Waals surface area (Å²) in [6.45, 7) is 6.18. The van der Waals surface area contributed by atoms with Crippen molar-refractivity contribution in [3.05, 3.63) is 18.7 Å². The summed E-state index contributed by atoms with van der Waals surface area (Å²) in [5.74, 6) is 0.879. The molecule has 0 bridgehead atoms. The molecule has 19 heavy (non-hydrogen) atoms. The number of hydrogen-bond donors (Lipinski definition) is 2. The number of imidazole rings is 1. The molecule has 0 aliphatic carbocycles. The number of rotatable bonds is 8. The number of aromatic nitrogens is 2. The highest BCUT2D eigenvalue weighted by Crippen LogP contribution is 2.02. The van der Waals surface area contributed by atoms with Gasteiger partial charge in [0, 0.05) is 38.6 Å². The Kier molecular flexibility index (Phi) is 7.70. The smallest absolute Gasteiger partial charge is 0.191 e. The minimum atomic E-state index is 0.464. The topological polar surface area (TPSA) is 54.2 Å². The fourth-order valence-electron chi connectivity index (χ4n) is 1.92. The zero-order valence-electron chi connectivity index (χ0n) is 12.4. The second-order valence-electron chi connectivity index (χ2n) is 4.84. The van der Waals surface area contributed by atoms with E-state index in [0.29, 0.717) is 6.04 Å². The third-order valence-corrected chi connectivity index (χ3v) is 3.07. The number of aliphatic imine (C=N–C) groups is 1. The SMILES string of the molecule is CCCCCC(C)NC(=NC)NCCn1ccnc1. The van der Waals surface area contributed by atoms with E-state index in [2.05, 4.69) is 34.5 Å². The molecule has 1 aromatic heterocycles. The predicted molar refractivity (Wildman–Crippen MR) is 80.3 cm³/mol. The molecule has 0 saturated carbocycles. The van der Waals surface area contributed by atoms with Gasteiger partial charge in [-0.2, -0.15) is 0 Å². The Balaban J connectivity index is 2.18. The van der Waals surface area contributed by atoms with E-state index in [1.165, 1.54) is 25.7 Å². The van der Waals surface area contributed by atoms with Gasteiger partial charge in [0.25, 0.3) is 0 Å². The quantitative estimate of drug-likeness (QED) is 0.429. The fourth-order valence-corrected chi connectivity index (χ4v) is 1.92. The van der Waals surface area contributed by atoms with Crippen molar-refractivity contribution in [1.29, 1.82) is 0 Å². The van der Waals surface area contributed by atoms with Gasteiger partial charge in [-0.05, 0) is 13.3 Å². The first-order chi connectivity index (χ1) is 9.26. The highest BCUT2D eigenvalue weighted by molar-refractivity contribution is 5.79. The molecule has 0 saturated heterocycles. The van der Waals surface area contributed by atoms with Gasteiger partial charge < -0.3 is 15.2 Å². The zero-order chi connectivity index (χ0) is 13.9. The van der Waals surface area contributed by atoms with Crippen LogP contribution in [-0.2, 0) is 6.54 Å². The molecule has 108 valence electrons. The third-order valence-electron chi connectivity index (χ3n) is 3.07. The normalized spacial score (nSPS) is 13.3. The van der Waals surface area contributed by atoms with Gasteiger partial charge in [-0.25, -0.2) is 4.98 Å². The lowest BCUT2D eigenvalue weighted by atomic mass is 10.1. The molecule has 0 spiro atoms. The zero-order valence-corrected chi connectivity index (χ0v) is 12.4. The Hall–Kier alpha value is -1.52. The van der Waals surface area contributed by atoms with E-state index < -0.39 is 0 Å². The first-order valence-corrected chi connectivity index (χ1v) is 7.19. The van der Waals surface area contributed by atoms with Crippen LogP contribution in [0, 0.1) is 0 Å². The van der Waals surface area contributed by atoms with Gasteiger partial charge in [0.1, 0.15) is 0 Å². The molecule has 1 aromatic rings. The Morgan fingerprint density at radius 2 is 2.26 bits per heavy atom. The van der Waals surface area contributed by atoms with Crippen molar-refractivity contribution in [3.63, 3.8) is 0 Å². The van der Waals surface area contributed by atoms with Gasteiger partial charge in [0.2, 0.25) is 0 Å². The first kappa shape index (κ1) is 15.5. The predicted octanol–water partition coefficient (Wildman–Crippen LogP) is 2.02. The largest absolute Gasteiger partial charge is 0.355 e. The van der Waals surface area contributed by atoms with Crippen LogP contribution in [-0.4, -0.2) is 35.1 Å². The lowest BCUT2D eigenvalue weighted by molar-refractivity contribution is 0.544. The number of nitrogens with one attached hydrogen (secondary N) is 2. The second kappa shape index (κ2) is 9.42. The molecule has 0 aromatic carbocycles. The van der Waals surface area contributed by atoms with Crippen molar-refractivity contribution in [2.45, 2.75) is 52.1 Å². The van der Waals surface area contributed by atoms with Crippen molar-refractivity contribution in [1.82, 2.24) is 20.2 Å². The van der Waals surface area contributed by atoms with Crippen LogP contribution in [0.2, 0.25) is 0 Å². The summed E-state index contributed by atoms with van der Waals surface area (Å²) in [5.41, 5.74) is 0. The lowest BCUT2D eigenvalue weighted by Crippen LogP contribution is -2.43. The van der Waals surface area contributed by atoms with E-state index in [0.717, 1.165) is 19.0 Å². The lowest BCUT2D eigenvalue weighted by Gasteiger charge is -2.17. The second-order valence-corrected chi connectivity index (χ2v) is 4.84. The summed E-state index contributed by atoms with van der Waals surface area (Å²) in [5, 5.41) is 6.74. The summed E-state index contributed by atoms with van der Waals surface area (Å²) in [6, 6.07) is 0.464. The van der Waals surface area contributed by atoms with E-state index in [1.807, 2.05) is 24.1 Å². The van der Waals surface area contributed by atoms with Crippen LogP contribution in [0.3, 0.4) is 0 Å². The minimum Gasteiger partial charge on any atom is -0.355 e.